The van der Waals surface area contributed by atoms with E-state index in [0.29, 0.717) is 34.6 Å². The van der Waals surface area contributed by atoms with Gasteiger partial charge in [0.15, 0.2) is 11.5 Å². The van der Waals surface area contributed by atoms with E-state index in [0.717, 1.165) is 0 Å². The predicted octanol–water partition coefficient (Wildman–Crippen LogP) is 1.67. The minimum Gasteiger partial charge on any atom is -0.493 e. The summed E-state index contributed by atoms with van der Waals surface area (Å²) < 4.78 is 10.4. The van der Waals surface area contributed by atoms with Crippen LogP contribution in [0.5, 0.6) is 11.5 Å². The monoisotopic (exact) mass is 276 g/mol. The molecule has 6 nitrogen and oxygen atoms in total. The molecule has 0 aliphatic rings. The number of rotatable bonds is 5. The Morgan fingerprint density at radius 3 is 2.45 bits per heavy atom. The van der Waals surface area contributed by atoms with Crippen molar-refractivity contribution < 1.29 is 19.4 Å². The number of carbonyl (C=O) groups is 1. The average Bonchev–Trinajstić information content (AvgIpc) is 2.45. The Hall–Kier alpha value is -2.34. The maximum atomic E-state index is 11.4. The van der Waals surface area contributed by atoms with Crippen LogP contribution in [0.1, 0.15) is 16.1 Å². The molecule has 20 heavy (non-hydrogen) atoms. The lowest BCUT2D eigenvalue weighted by Gasteiger charge is -2.11. The van der Waals surface area contributed by atoms with Crippen LogP contribution in [-0.2, 0) is 6.54 Å². The molecule has 1 aromatic heterocycles. The lowest BCUT2D eigenvalue weighted by atomic mass is 10.1. The Balaban J connectivity index is 2.75. The summed E-state index contributed by atoms with van der Waals surface area (Å²) in [6.45, 7) is 0.491. The maximum absolute atomic E-state index is 11.4. The number of nitrogens with zero attached hydrogens (tertiary/aromatic N) is 1. The Morgan fingerprint density at radius 1 is 1.25 bits per heavy atom. The molecular formula is C14H16N2O4. The van der Waals surface area contributed by atoms with Gasteiger partial charge in [-0.15, -0.1) is 0 Å². The minimum atomic E-state index is -0.998. The van der Waals surface area contributed by atoms with Gasteiger partial charge in [0.2, 0.25) is 0 Å². The summed E-state index contributed by atoms with van der Waals surface area (Å²) in [6, 6.07) is 4.88. The van der Waals surface area contributed by atoms with Crippen molar-refractivity contribution >= 4 is 16.9 Å². The van der Waals surface area contributed by atoms with E-state index in [1.807, 2.05) is 0 Å². The molecule has 0 fully saturated rings. The van der Waals surface area contributed by atoms with Gasteiger partial charge in [0, 0.05) is 18.0 Å². The van der Waals surface area contributed by atoms with E-state index in [9.17, 15) is 9.90 Å². The highest BCUT2D eigenvalue weighted by Gasteiger charge is 2.15. The van der Waals surface area contributed by atoms with E-state index < -0.39 is 5.97 Å². The van der Waals surface area contributed by atoms with Crippen molar-refractivity contribution in [2.45, 2.75) is 6.54 Å². The van der Waals surface area contributed by atoms with Gasteiger partial charge in [-0.05, 0) is 19.2 Å². The molecule has 0 saturated carbocycles. The van der Waals surface area contributed by atoms with E-state index >= 15 is 0 Å². The molecule has 1 heterocycles. The van der Waals surface area contributed by atoms with Crippen LogP contribution in [-0.4, -0.2) is 37.3 Å². The Morgan fingerprint density at radius 2 is 1.90 bits per heavy atom. The average molecular weight is 276 g/mol. The SMILES string of the molecule is CNCc1cc(C(=O)O)c2cc(OC)c(OC)cc2n1. The van der Waals surface area contributed by atoms with Crippen LogP contribution in [0.4, 0.5) is 0 Å². The van der Waals surface area contributed by atoms with Crippen LogP contribution in [0.25, 0.3) is 10.9 Å². The lowest BCUT2D eigenvalue weighted by molar-refractivity contribution is 0.0699. The number of carboxylic acids is 1. The molecule has 106 valence electrons. The zero-order valence-corrected chi connectivity index (χ0v) is 11.6. The quantitative estimate of drug-likeness (QED) is 0.864. The summed E-state index contributed by atoms with van der Waals surface area (Å²) in [7, 11) is 4.81. The normalized spacial score (nSPS) is 10.6. The highest BCUT2D eigenvalue weighted by Crippen LogP contribution is 2.33. The number of hydrogen-bond acceptors (Lipinski definition) is 5. The van der Waals surface area contributed by atoms with E-state index in [1.54, 1.807) is 25.2 Å². The fourth-order valence-electron chi connectivity index (χ4n) is 2.06. The molecule has 0 unspecified atom stereocenters. The molecule has 0 atom stereocenters. The predicted molar refractivity (Wildman–Crippen MR) is 74.6 cm³/mol. The lowest BCUT2D eigenvalue weighted by Crippen LogP contribution is -2.09. The summed E-state index contributed by atoms with van der Waals surface area (Å²) in [5, 5.41) is 12.8. The number of aromatic nitrogens is 1. The Kier molecular flexibility index (Phi) is 4.05. The first-order valence-electron chi connectivity index (χ1n) is 6.04. The van der Waals surface area contributed by atoms with Crippen LogP contribution in [0, 0.1) is 0 Å². The Bertz CT molecular complexity index is 655. The Labute approximate surface area is 116 Å². The van der Waals surface area contributed by atoms with Gasteiger partial charge in [-0.25, -0.2) is 4.79 Å². The number of benzene rings is 1. The molecule has 0 radical (unpaired) electrons. The van der Waals surface area contributed by atoms with Crippen molar-refractivity contribution in [1.29, 1.82) is 0 Å². The summed E-state index contributed by atoms with van der Waals surface area (Å²) in [5.41, 5.74) is 1.42. The number of hydrogen-bond donors (Lipinski definition) is 2. The summed E-state index contributed by atoms with van der Waals surface area (Å²) in [5.74, 6) is -0.00177. The van der Waals surface area contributed by atoms with Crippen molar-refractivity contribution in [1.82, 2.24) is 10.3 Å². The first-order chi connectivity index (χ1) is 9.60. The van der Waals surface area contributed by atoms with Gasteiger partial charge in [-0.2, -0.15) is 0 Å². The van der Waals surface area contributed by atoms with Crippen molar-refractivity contribution in [2.24, 2.45) is 0 Å². The van der Waals surface area contributed by atoms with Gasteiger partial charge in [0.25, 0.3) is 0 Å². The summed E-state index contributed by atoms with van der Waals surface area (Å²) in [6.07, 6.45) is 0. The first-order valence-corrected chi connectivity index (χ1v) is 6.04. The largest absolute Gasteiger partial charge is 0.493 e. The van der Waals surface area contributed by atoms with Gasteiger partial charge >= 0.3 is 5.97 Å². The van der Waals surface area contributed by atoms with Crippen molar-refractivity contribution in [3.63, 3.8) is 0 Å². The fraction of sp³-hybridized carbons (Fsp3) is 0.286. The van der Waals surface area contributed by atoms with Crippen molar-refractivity contribution in [3.05, 3.63) is 29.5 Å². The third-order valence-electron chi connectivity index (χ3n) is 2.96. The van der Waals surface area contributed by atoms with Crippen LogP contribution >= 0.6 is 0 Å². The molecule has 0 aliphatic carbocycles. The second-order valence-corrected chi connectivity index (χ2v) is 4.22. The third kappa shape index (κ3) is 2.50. The molecule has 0 bridgehead atoms. The molecule has 0 aliphatic heterocycles. The topological polar surface area (TPSA) is 80.7 Å². The zero-order chi connectivity index (χ0) is 14.7. The van der Waals surface area contributed by atoms with E-state index in [4.69, 9.17) is 9.47 Å². The number of aromatic carboxylic acids is 1. The minimum absolute atomic E-state index is 0.196. The molecule has 0 saturated heterocycles. The second-order valence-electron chi connectivity index (χ2n) is 4.22. The summed E-state index contributed by atoms with van der Waals surface area (Å²) in [4.78, 5) is 15.8. The van der Waals surface area contributed by atoms with Crippen LogP contribution in [0.2, 0.25) is 0 Å². The number of carboxylic acid groups (broad SMARTS) is 1. The fourth-order valence-corrected chi connectivity index (χ4v) is 2.06. The van der Waals surface area contributed by atoms with Crippen LogP contribution in [0.15, 0.2) is 18.2 Å². The highest BCUT2D eigenvalue weighted by atomic mass is 16.5. The molecule has 0 amide bonds. The molecule has 1 aromatic carbocycles. The van der Waals surface area contributed by atoms with Crippen LogP contribution in [0.3, 0.4) is 0 Å². The first kappa shape index (κ1) is 14.1. The number of pyridine rings is 1. The van der Waals surface area contributed by atoms with E-state index in [1.165, 1.54) is 14.2 Å². The van der Waals surface area contributed by atoms with Gasteiger partial charge in [0.1, 0.15) is 0 Å². The summed E-state index contributed by atoms with van der Waals surface area (Å²) >= 11 is 0. The van der Waals surface area contributed by atoms with Gasteiger partial charge < -0.3 is 19.9 Å². The molecular weight excluding hydrogens is 260 g/mol. The number of nitrogens with one attached hydrogen (secondary N) is 1. The molecule has 2 rings (SSSR count). The van der Waals surface area contributed by atoms with Gasteiger partial charge in [-0.3, -0.25) is 4.98 Å². The van der Waals surface area contributed by atoms with E-state index in [-0.39, 0.29) is 5.56 Å². The van der Waals surface area contributed by atoms with Gasteiger partial charge in [0.05, 0.1) is 31.0 Å². The number of methoxy groups -OCH3 is 2. The number of ether oxygens (including phenoxy) is 2. The van der Waals surface area contributed by atoms with E-state index in [2.05, 4.69) is 10.3 Å². The second kappa shape index (κ2) is 5.75. The number of fused-ring (bicyclic) bond motifs is 1. The maximum Gasteiger partial charge on any atom is 0.336 e. The smallest absolute Gasteiger partial charge is 0.336 e. The zero-order valence-electron chi connectivity index (χ0n) is 11.6. The third-order valence-corrected chi connectivity index (χ3v) is 2.96. The highest BCUT2D eigenvalue weighted by molar-refractivity contribution is 6.03. The van der Waals surface area contributed by atoms with Crippen molar-refractivity contribution in [3.8, 4) is 11.5 Å². The molecule has 6 heteroatoms. The van der Waals surface area contributed by atoms with Gasteiger partial charge in [-0.1, -0.05) is 0 Å². The standard InChI is InChI=1S/C14H16N2O4/c1-15-7-8-4-10(14(17)18)9-5-12(19-2)13(20-3)6-11(9)16-8/h4-6,15H,7H2,1-3H3,(H,17,18). The van der Waals surface area contributed by atoms with Crippen molar-refractivity contribution in [2.75, 3.05) is 21.3 Å². The molecule has 0 spiro atoms. The van der Waals surface area contributed by atoms with Crippen LogP contribution < -0.4 is 14.8 Å². The molecule has 2 aromatic rings. The molecule has 2 N–H and O–H groups in total.